The molecule has 0 aromatic carbocycles. The Bertz CT molecular complexity index is 363. The number of rotatable bonds is 4. The van der Waals surface area contributed by atoms with Crippen LogP contribution in [0.5, 0.6) is 0 Å². The van der Waals surface area contributed by atoms with E-state index in [0.717, 1.165) is 12.6 Å². The highest BCUT2D eigenvalue weighted by atomic mass is 32.1. The van der Waals surface area contributed by atoms with Gasteiger partial charge in [-0.3, -0.25) is 0 Å². The molecule has 17 heavy (non-hydrogen) atoms. The molecule has 4 heteroatoms. The molecule has 1 saturated carbocycles. The largest absolute Gasteiger partial charge is 0.348 e. The van der Waals surface area contributed by atoms with Gasteiger partial charge in [-0.05, 0) is 40.0 Å². The molecule has 1 aliphatic rings. The number of hydrogen-bond donors (Lipinski definition) is 1. The summed E-state index contributed by atoms with van der Waals surface area (Å²) >= 11 is 1.81. The first-order valence-electron chi connectivity index (χ1n) is 6.38. The van der Waals surface area contributed by atoms with Gasteiger partial charge in [0.2, 0.25) is 0 Å². The van der Waals surface area contributed by atoms with Crippen molar-refractivity contribution in [3.8, 4) is 0 Å². The minimum atomic E-state index is 0.171. The average molecular weight is 253 g/mol. The molecule has 0 saturated heterocycles. The predicted molar refractivity (Wildman–Crippen MR) is 74.7 cm³/mol. The summed E-state index contributed by atoms with van der Waals surface area (Å²) in [7, 11) is 2.17. The second-order valence-electron chi connectivity index (χ2n) is 5.91. The molecule has 0 atom stereocenters. The zero-order valence-electron chi connectivity index (χ0n) is 11.3. The van der Waals surface area contributed by atoms with Gasteiger partial charge in [0.25, 0.3) is 0 Å². The van der Waals surface area contributed by atoms with Crippen LogP contribution >= 0.6 is 11.3 Å². The lowest BCUT2D eigenvalue weighted by atomic mass is 9.92. The first kappa shape index (κ1) is 12.8. The lowest BCUT2D eigenvalue weighted by molar-refractivity contribution is 0.401. The van der Waals surface area contributed by atoms with Gasteiger partial charge in [0, 0.05) is 36.2 Å². The lowest BCUT2D eigenvalue weighted by Gasteiger charge is -2.34. The van der Waals surface area contributed by atoms with E-state index in [1.807, 2.05) is 17.5 Å². The predicted octanol–water partition coefficient (Wildman–Crippen LogP) is 3.02. The number of hydrogen-bond acceptors (Lipinski definition) is 4. The zero-order valence-corrected chi connectivity index (χ0v) is 12.1. The van der Waals surface area contributed by atoms with Crippen LogP contribution in [0.4, 0.5) is 5.13 Å². The van der Waals surface area contributed by atoms with Crippen molar-refractivity contribution in [2.45, 2.75) is 58.2 Å². The van der Waals surface area contributed by atoms with E-state index in [1.54, 1.807) is 0 Å². The van der Waals surface area contributed by atoms with E-state index in [1.165, 1.54) is 29.3 Å². The van der Waals surface area contributed by atoms with E-state index in [9.17, 15) is 0 Å². The van der Waals surface area contributed by atoms with E-state index >= 15 is 0 Å². The van der Waals surface area contributed by atoms with E-state index < -0.39 is 0 Å². The summed E-state index contributed by atoms with van der Waals surface area (Å²) in [6.07, 6.45) is 6.03. The summed E-state index contributed by atoms with van der Waals surface area (Å²) in [5, 5.41) is 4.67. The van der Waals surface area contributed by atoms with Crippen LogP contribution in [0.15, 0.2) is 6.20 Å². The molecular weight excluding hydrogens is 230 g/mol. The van der Waals surface area contributed by atoms with Crippen molar-refractivity contribution in [2.24, 2.45) is 0 Å². The van der Waals surface area contributed by atoms with Crippen LogP contribution in [0, 0.1) is 0 Å². The van der Waals surface area contributed by atoms with Crippen LogP contribution in [-0.4, -0.2) is 23.6 Å². The van der Waals surface area contributed by atoms with Crippen molar-refractivity contribution < 1.29 is 0 Å². The van der Waals surface area contributed by atoms with Crippen molar-refractivity contribution in [1.29, 1.82) is 0 Å². The summed E-state index contributed by atoms with van der Waals surface area (Å²) < 4.78 is 0. The molecule has 1 fully saturated rings. The Labute approximate surface area is 108 Å². The van der Waals surface area contributed by atoms with Gasteiger partial charge in [-0.2, -0.15) is 0 Å². The van der Waals surface area contributed by atoms with Crippen molar-refractivity contribution in [3.63, 3.8) is 0 Å². The molecule has 1 aromatic heterocycles. The number of aromatic nitrogens is 1. The molecule has 3 nitrogen and oxygen atoms in total. The Morgan fingerprint density at radius 3 is 2.71 bits per heavy atom. The molecule has 2 rings (SSSR count). The van der Waals surface area contributed by atoms with Crippen molar-refractivity contribution in [1.82, 2.24) is 10.3 Å². The first-order chi connectivity index (χ1) is 7.96. The van der Waals surface area contributed by atoms with Crippen LogP contribution in [0.25, 0.3) is 0 Å². The number of anilines is 1. The quantitative estimate of drug-likeness (QED) is 0.894. The molecule has 0 bridgehead atoms. The maximum absolute atomic E-state index is 4.52. The molecule has 0 amide bonds. The van der Waals surface area contributed by atoms with Crippen LogP contribution in [0.1, 0.15) is 44.9 Å². The topological polar surface area (TPSA) is 28.2 Å². The van der Waals surface area contributed by atoms with Gasteiger partial charge < -0.3 is 10.2 Å². The smallest absolute Gasteiger partial charge is 0.185 e. The van der Waals surface area contributed by atoms with Gasteiger partial charge in [0.1, 0.15) is 0 Å². The van der Waals surface area contributed by atoms with Gasteiger partial charge in [-0.25, -0.2) is 4.98 Å². The molecular formula is C13H23N3S. The fraction of sp³-hybridized carbons (Fsp3) is 0.769. The van der Waals surface area contributed by atoms with Crippen LogP contribution in [-0.2, 0) is 6.54 Å². The third kappa shape index (κ3) is 3.42. The first-order valence-corrected chi connectivity index (χ1v) is 7.20. The Kier molecular flexibility index (Phi) is 3.73. The third-order valence-electron chi connectivity index (χ3n) is 3.26. The normalized spacial score (nSPS) is 16.9. The third-order valence-corrected chi connectivity index (χ3v) is 4.35. The van der Waals surface area contributed by atoms with Gasteiger partial charge in [0.05, 0.1) is 0 Å². The highest BCUT2D eigenvalue weighted by molar-refractivity contribution is 7.15. The van der Waals surface area contributed by atoms with E-state index in [2.05, 4.69) is 43.0 Å². The maximum Gasteiger partial charge on any atom is 0.185 e. The van der Waals surface area contributed by atoms with Crippen LogP contribution < -0.4 is 10.2 Å². The maximum atomic E-state index is 4.52. The fourth-order valence-corrected chi connectivity index (χ4v) is 2.71. The SMILES string of the molecule is CN(c1ncc(CNC(C)(C)C)s1)C1CCC1. The Morgan fingerprint density at radius 2 is 2.18 bits per heavy atom. The highest BCUT2D eigenvalue weighted by Gasteiger charge is 2.24. The van der Waals surface area contributed by atoms with Crippen molar-refractivity contribution in [3.05, 3.63) is 11.1 Å². The summed E-state index contributed by atoms with van der Waals surface area (Å²) in [4.78, 5) is 8.19. The summed E-state index contributed by atoms with van der Waals surface area (Å²) in [5.74, 6) is 0. The zero-order chi connectivity index (χ0) is 12.5. The Morgan fingerprint density at radius 1 is 1.47 bits per heavy atom. The molecule has 0 unspecified atom stereocenters. The van der Waals surface area contributed by atoms with E-state index in [4.69, 9.17) is 0 Å². The minimum Gasteiger partial charge on any atom is -0.348 e. The summed E-state index contributed by atoms with van der Waals surface area (Å²) in [6, 6.07) is 0.726. The number of nitrogens with one attached hydrogen (secondary N) is 1. The van der Waals surface area contributed by atoms with Gasteiger partial charge in [-0.15, -0.1) is 11.3 Å². The highest BCUT2D eigenvalue weighted by Crippen LogP contribution is 2.30. The standard InChI is InChI=1S/C13H23N3S/c1-13(2,3)15-9-11-8-14-12(17-11)16(4)10-6-5-7-10/h8,10,15H,5-7,9H2,1-4H3. The van der Waals surface area contributed by atoms with Crippen molar-refractivity contribution >= 4 is 16.5 Å². The van der Waals surface area contributed by atoms with Crippen LogP contribution in [0.2, 0.25) is 0 Å². The van der Waals surface area contributed by atoms with E-state index in [0.29, 0.717) is 0 Å². The number of nitrogens with zero attached hydrogens (tertiary/aromatic N) is 2. The fourth-order valence-electron chi connectivity index (χ4n) is 1.82. The second-order valence-corrected chi connectivity index (χ2v) is 7.00. The molecule has 0 radical (unpaired) electrons. The molecule has 0 spiro atoms. The molecule has 1 aromatic rings. The lowest BCUT2D eigenvalue weighted by Crippen LogP contribution is -2.37. The minimum absolute atomic E-state index is 0.171. The van der Waals surface area contributed by atoms with E-state index in [-0.39, 0.29) is 5.54 Å². The molecule has 1 aliphatic carbocycles. The second kappa shape index (κ2) is 4.94. The van der Waals surface area contributed by atoms with Gasteiger partial charge >= 0.3 is 0 Å². The van der Waals surface area contributed by atoms with Gasteiger partial charge in [-0.1, -0.05) is 0 Å². The monoisotopic (exact) mass is 253 g/mol. The average Bonchev–Trinajstić information content (AvgIpc) is 2.58. The summed E-state index contributed by atoms with van der Waals surface area (Å²) in [6.45, 7) is 7.49. The van der Waals surface area contributed by atoms with Gasteiger partial charge in [0.15, 0.2) is 5.13 Å². The van der Waals surface area contributed by atoms with Crippen molar-refractivity contribution in [2.75, 3.05) is 11.9 Å². The number of thiazole rings is 1. The van der Waals surface area contributed by atoms with Crippen LogP contribution in [0.3, 0.4) is 0 Å². The summed E-state index contributed by atoms with van der Waals surface area (Å²) in [5.41, 5.74) is 0.171. The Hall–Kier alpha value is -0.610. The molecule has 1 N–H and O–H groups in total. The molecule has 0 aliphatic heterocycles. The Balaban J connectivity index is 1.91. The molecule has 96 valence electrons. The molecule has 1 heterocycles.